The summed E-state index contributed by atoms with van der Waals surface area (Å²) in [6, 6.07) is 4.25. The third-order valence-electron chi connectivity index (χ3n) is 2.35. The van der Waals surface area contributed by atoms with Crippen molar-refractivity contribution in [2.75, 3.05) is 7.05 Å². The number of hydrogen-bond donors (Lipinski definition) is 3. The molecule has 1 aromatic carbocycles. The summed E-state index contributed by atoms with van der Waals surface area (Å²) in [5.41, 5.74) is 0.465. The first kappa shape index (κ1) is 15.3. The van der Waals surface area contributed by atoms with Crippen molar-refractivity contribution in [2.45, 2.75) is 19.6 Å². The van der Waals surface area contributed by atoms with Crippen LogP contribution >= 0.6 is 11.6 Å². The first-order valence-corrected chi connectivity index (χ1v) is 5.94. The number of urea groups is 1. The van der Waals surface area contributed by atoms with Gasteiger partial charge in [0.2, 0.25) is 0 Å². The summed E-state index contributed by atoms with van der Waals surface area (Å²) in [6.45, 7) is 1.21. The van der Waals surface area contributed by atoms with Gasteiger partial charge in [0.05, 0.1) is 11.6 Å². The second kappa shape index (κ2) is 6.96. The van der Waals surface area contributed by atoms with Crippen LogP contribution in [0.3, 0.4) is 0 Å². The summed E-state index contributed by atoms with van der Waals surface area (Å²) in [7, 11) is 1.39. The fraction of sp³-hybridized carbons (Fsp3) is 0.333. The SMILES string of the molecule is CNC(=O)NC(=O)C(C)Oc1c(Cl)cccc1CO. The number of hydrogen-bond acceptors (Lipinski definition) is 4. The Bertz CT molecular complexity index is 479. The summed E-state index contributed by atoms with van der Waals surface area (Å²) in [5, 5.41) is 13.8. The molecule has 6 nitrogen and oxygen atoms in total. The highest BCUT2D eigenvalue weighted by Crippen LogP contribution is 2.29. The molecule has 7 heteroatoms. The van der Waals surface area contributed by atoms with Crippen molar-refractivity contribution < 1.29 is 19.4 Å². The maximum Gasteiger partial charge on any atom is 0.321 e. The van der Waals surface area contributed by atoms with Crippen LogP contribution in [-0.4, -0.2) is 30.2 Å². The zero-order chi connectivity index (χ0) is 14.4. The third kappa shape index (κ3) is 4.11. The molecule has 0 saturated carbocycles. The molecule has 1 unspecified atom stereocenters. The average molecular weight is 287 g/mol. The first-order valence-electron chi connectivity index (χ1n) is 5.57. The molecule has 104 valence electrons. The number of rotatable bonds is 4. The van der Waals surface area contributed by atoms with Crippen molar-refractivity contribution >= 4 is 23.5 Å². The standard InChI is InChI=1S/C12H15ClN2O4/c1-7(11(17)15-12(18)14-2)19-10-8(6-16)4-3-5-9(10)13/h3-5,7,16H,6H2,1-2H3,(H2,14,15,17,18). The lowest BCUT2D eigenvalue weighted by Gasteiger charge is -2.17. The predicted molar refractivity (Wildman–Crippen MR) is 70.1 cm³/mol. The Hall–Kier alpha value is -1.79. The van der Waals surface area contributed by atoms with E-state index in [0.717, 1.165) is 0 Å². The summed E-state index contributed by atoms with van der Waals surface area (Å²) in [5.74, 6) is -0.380. The monoisotopic (exact) mass is 286 g/mol. The molecule has 3 N–H and O–H groups in total. The Morgan fingerprint density at radius 2 is 2.16 bits per heavy atom. The Morgan fingerprint density at radius 1 is 1.47 bits per heavy atom. The lowest BCUT2D eigenvalue weighted by molar-refractivity contribution is -0.126. The molecular formula is C12H15ClN2O4. The van der Waals surface area contributed by atoms with Gasteiger partial charge in [-0.1, -0.05) is 23.7 Å². The molecular weight excluding hydrogens is 272 g/mol. The Balaban J connectivity index is 2.79. The summed E-state index contributed by atoms with van der Waals surface area (Å²) >= 11 is 5.94. The molecule has 0 aliphatic heterocycles. The van der Waals surface area contributed by atoms with Crippen molar-refractivity contribution in [3.63, 3.8) is 0 Å². The molecule has 0 radical (unpaired) electrons. The Kier molecular flexibility index (Phi) is 5.59. The molecule has 0 bridgehead atoms. The molecule has 0 aromatic heterocycles. The number of para-hydroxylation sites is 1. The van der Waals surface area contributed by atoms with Crippen LogP contribution in [0, 0.1) is 0 Å². The minimum absolute atomic E-state index is 0.228. The number of carbonyl (C=O) groups is 2. The summed E-state index contributed by atoms with van der Waals surface area (Å²) in [4.78, 5) is 22.6. The van der Waals surface area contributed by atoms with E-state index in [0.29, 0.717) is 5.56 Å². The minimum atomic E-state index is -0.928. The van der Waals surface area contributed by atoms with Crippen LogP contribution in [0.1, 0.15) is 12.5 Å². The van der Waals surface area contributed by atoms with E-state index >= 15 is 0 Å². The smallest absolute Gasteiger partial charge is 0.321 e. The molecule has 1 aromatic rings. The Morgan fingerprint density at radius 3 is 2.74 bits per heavy atom. The number of nitrogens with one attached hydrogen (secondary N) is 2. The number of imide groups is 1. The summed E-state index contributed by atoms with van der Waals surface area (Å²) in [6.07, 6.45) is -0.928. The van der Waals surface area contributed by atoms with Gasteiger partial charge in [0.25, 0.3) is 5.91 Å². The molecule has 0 fully saturated rings. The minimum Gasteiger partial charge on any atom is -0.479 e. The average Bonchev–Trinajstić information content (AvgIpc) is 2.40. The van der Waals surface area contributed by atoms with Gasteiger partial charge < -0.3 is 15.2 Å². The molecule has 1 atom stereocenters. The Labute approximate surface area is 115 Å². The van der Waals surface area contributed by atoms with E-state index in [1.165, 1.54) is 14.0 Å². The van der Waals surface area contributed by atoms with E-state index in [4.69, 9.17) is 16.3 Å². The quantitative estimate of drug-likeness (QED) is 0.772. The highest BCUT2D eigenvalue weighted by molar-refractivity contribution is 6.32. The van der Waals surface area contributed by atoms with Gasteiger partial charge in [-0.2, -0.15) is 0 Å². The number of halogens is 1. The van der Waals surface area contributed by atoms with Gasteiger partial charge >= 0.3 is 6.03 Å². The van der Waals surface area contributed by atoms with Crippen molar-refractivity contribution in [3.8, 4) is 5.75 Å². The number of carbonyl (C=O) groups excluding carboxylic acids is 2. The van der Waals surface area contributed by atoms with Crippen LogP contribution in [-0.2, 0) is 11.4 Å². The van der Waals surface area contributed by atoms with Gasteiger partial charge in [-0.25, -0.2) is 4.79 Å². The van der Waals surface area contributed by atoms with Crippen molar-refractivity contribution in [1.82, 2.24) is 10.6 Å². The maximum absolute atomic E-state index is 11.6. The molecule has 0 aliphatic rings. The number of amides is 3. The van der Waals surface area contributed by atoms with E-state index in [1.807, 2.05) is 0 Å². The topological polar surface area (TPSA) is 87.7 Å². The zero-order valence-corrected chi connectivity index (χ0v) is 11.3. The third-order valence-corrected chi connectivity index (χ3v) is 2.64. The molecule has 1 rings (SSSR count). The van der Waals surface area contributed by atoms with Crippen LogP contribution in [0.15, 0.2) is 18.2 Å². The van der Waals surface area contributed by atoms with Crippen LogP contribution in [0.2, 0.25) is 5.02 Å². The molecule has 0 spiro atoms. The van der Waals surface area contributed by atoms with Gasteiger partial charge in [0, 0.05) is 12.6 Å². The van der Waals surface area contributed by atoms with Gasteiger partial charge in [-0.3, -0.25) is 10.1 Å². The van der Waals surface area contributed by atoms with E-state index < -0.39 is 18.0 Å². The molecule has 3 amide bonds. The van der Waals surface area contributed by atoms with Gasteiger partial charge in [-0.05, 0) is 13.0 Å². The number of benzene rings is 1. The van der Waals surface area contributed by atoms with Gasteiger partial charge in [0.15, 0.2) is 6.10 Å². The lowest BCUT2D eigenvalue weighted by atomic mass is 10.2. The molecule has 0 heterocycles. The fourth-order valence-corrected chi connectivity index (χ4v) is 1.55. The highest BCUT2D eigenvalue weighted by Gasteiger charge is 2.19. The van der Waals surface area contributed by atoms with Crippen LogP contribution < -0.4 is 15.4 Å². The van der Waals surface area contributed by atoms with Crippen LogP contribution in [0.4, 0.5) is 4.79 Å². The zero-order valence-electron chi connectivity index (χ0n) is 10.6. The lowest BCUT2D eigenvalue weighted by Crippen LogP contribution is -2.44. The van der Waals surface area contributed by atoms with Crippen LogP contribution in [0.25, 0.3) is 0 Å². The first-order chi connectivity index (χ1) is 8.99. The van der Waals surface area contributed by atoms with E-state index in [9.17, 15) is 14.7 Å². The fourth-order valence-electron chi connectivity index (χ4n) is 1.32. The van der Waals surface area contributed by atoms with Crippen molar-refractivity contribution in [3.05, 3.63) is 28.8 Å². The van der Waals surface area contributed by atoms with Crippen molar-refractivity contribution in [1.29, 1.82) is 0 Å². The number of ether oxygens (including phenoxy) is 1. The van der Waals surface area contributed by atoms with Crippen molar-refractivity contribution in [2.24, 2.45) is 0 Å². The largest absolute Gasteiger partial charge is 0.479 e. The second-order valence-electron chi connectivity index (χ2n) is 3.71. The molecule has 0 aliphatic carbocycles. The molecule has 19 heavy (non-hydrogen) atoms. The normalized spacial score (nSPS) is 11.6. The maximum atomic E-state index is 11.6. The van der Waals surface area contributed by atoms with Crippen LogP contribution in [0.5, 0.6) is 5.75 Å². The van der Waals surface area contributed by atoms with Gasteiger partial charge in [-0.15, -0.1) is 0 Å². The molecule has 0 saturated heterocycles. The van der Waals surface area contributed by atoms with E-state index in [1.54, 1.807) is 18.2 Å². The van der Waals surface area contributed by atoms with E-state index in [2.05, 4.69) is 10.6 Å². The second-order valence-corrected chi connectivity index (χ2v) is 4.12. The van der Waals surface area contributed by atoms with Gasteiger partial charge in [0.1, 0.15) is 5.75 Å². The predicted octanol–water partition coefficient (Wildman–Crippen LogP) is 1.06. The van der Waals surface area contributed by atoms with E-state index in [-0.39, 0.29) is 17.4 Å². The number of aliphatic hydroxyl groups is 1. The highest BCUT2D eigenvalue weighted by atomic mass is 35.5. The summed E-state index contributed by atoms with van der Waals surface area (Å²) < 4.78 is 5.39. The number of aliphatic hydroxyl groups excluding tert-OH is 1.